The van der Waals surface area contributed by atoms with Crippen molar-refractivity contribution < 1.29 is 91.7 Å². The minimum atomic E-state index is -1.95. The van der Waals surface area contributed by atoms with Crippen molar-refractivity contribution in [2.45, 2.75) is 108 Å². The van der Waals surface area contributed by atoms with E-state index in [0.29, 0.717) is 0 Å². The summed E-state index contributed by atoms with van der Waals surface area (Å²) in [6, 6.07) is 0.564. The Bertz CT molecular complexity index is 4760. The van der Waals surface area contributed by atoms with E-state index in [-0.39, 0.29) is 110 Å². The minimum absolute atomic E-state index is 0.0156. The molecule has 0 radical (unpaired) electrons. The van der Waals surface area contributed by atoms with Crippen LogP contribution in [-0.4, -0.2) is 191 Å². The van der Waals surface area contributed by atoms with E-state index in [0.717, 1.165) is 61.4 Å². The Labute approximate surface area is 597 Å². The molecular formula is C63H63N15O19S5. The number of benzene rings is 1. The van der Waals surface area contributed by atoms with Crippen LogP contribution in [0, 0.1) is 0 Å². The Morgan fingerprint density at radius 2 is 1.52 bits per heavy atom. The van der Waals surface area contributed by atoms with Crippen molar-refractivity contribution in [3.05, 3.63) is 124 Å². The lowest BCUT2D eigenvalue weighted by molar-refractivity contribution is -0.280. The van der Waals surface area contributed by atoms with E-state index in [1.165, 1.54) is 60.0 Å². The maximum Gasteiger partial charge on any atom is 0.358 e. The van der Waals surface area contributed by atoms with E-state index >= 15 is 19.2 Å². The van der Waals surface area contributed by atoms with Crippen molar-refractivity contribution in [1.82, 2.24) is 66.1 Å². The first-order valence-electron chi connectivity index (χ1n) is 30.8. The Morgan fingerprint density at radius 1 is 0.853 bits per heavy atom. The number of carbonyl (C=O) groups is 9. The number of aliphatic hydroxyl groups is 2. The van der Waals surface area contributed by atoms with Gasteiger partial charge in [0.15, 0.2) is 24.7 Å². The van der Waals surface area contributed by atoms with Crippen LogP contribution in [0.1, 0.15) is 125 Å². The molecule has 12 rings (SSSR count). The van der Waals surface area contributed by atoms with Gasteiger partial charge in [-0.15, -0.1) is 56.7 Å². The van der Waals surface area contributed by atoms with Crippen molar-refractivity contribution in [1.29, 1.82) is 0 Å². The Kier molecular flexibility index (Phi) is 20.5. The smallest absolute Gasteiger partial charge is 0.358 e. The van der Waals surface area contributed by atoms with Gasteiger partial charge < -0.3 is 91.5 Å². The second-order valence-electron chi connectivity index (χ2n) is 24.0. The topological polar surface area (TPSA) is 477 Å². The van der Waals surface area contributed by atoms with Gasteiger partial charge >= 0.3 is 11.9 Å². The molecule has 4 aliphatic rings. The van der Waals surface area contributed by atoms with E-state index in [4.69, 9.17) is 59.7 Å². The quantitative estimate of drug-likeness (QED) is 0.0477. The summed E-state index contributed by atoms with van der Waals surface area (Å²) in [4.78, 5) is 163. The molecular weight excluding hydrogens is 1430 g/mol. The number of nitrogens with zero attached hydrogens (tertiary/aromatic N) is 8. The van der Waals surface area contributed by atoms with Gasteiger partial charge in [-0.3, -0.25) is 33.6 Å². The Hall–Kier alpha value is -10.1. The lowest BCUT2D eigenvalue weighted by atomic mass is 9.85. The highest BCUT2D eigenvalue weighted by atomic mass is 32.1. The molecule has 534 valence electrons. The molecule has 8 aromatic rings. The number of primary amides is 2. The molecule has 39 heteroatoms. The van der Waals surface area contributed by atoms with E-state index in [1.807, 2.05) is 0 Å². The molecule has 0 saturated carbocycles. The summed E-state index contributed by atoms with van der Waals surface area (Å²) >= 11 is 4.40. The third-order valence-electron chi connectivity index (χ3n) is 16.6. The normalized spacial score (nSPS) is 23.5. The maximum atomic E-state index is 15.4. The number of ether oxygens (including phenoxy) is 6. The zero-order valence-corrected chi connectivity index (χ0v) is 58.9. The summed E-state index contributed by atoms with van der Waals surface area (Å²) in [7, 11) is 4.81. The first kappa shape index (κ1) is 71.7. The Balaban J connectivity index is 1.06. The first-order chi connectivity index (χ1) is 48.6. The van der Waals surface area contributed by atoms with Gasteiger partial charge in [0.2, 0.25) is 5.91 Å². The second-order valence-corrected chi connectivity index (χ2v) is 28.4. The van der Waals surface area contributed by atoms with Crippen molar-refractivity contribution in [3.8, 4) is 38.4 Å². The van der Waals surface area contributed by atoms with E-state index in [1.54, 1.807) is 45.0 Å². The highest BCUT2D eigenvalue weighted by Crippen LogP contribution is 2.43. The number of esters is 2. The number of amides is 7. The van der Waals surface area contributed by atoms with Crippen molar-refractivity contribution >= 4 is 127 Å². The number of thiazole rings is 5. The fraction of sp³-hybridized carbons (Fsp3) is 0.349. The van der Waals surface area contributed by atoms with Gasteiger partial charge in [0.25, 0.3) is 35.4 Å². The summed E-state index contributed by atoms with van der Waals surface area (Å²) in [5.41, 5.74) is 7.64. The molecule has 0 spiro atoms. The molecule has 1 saturated heterocycles. The third-order valence-corrected chi connectivity index (χ3v) is 21.1. The van der Waals surface area contributed by atoms with Crippen LogP contribution in [0.15, 0.2) is 69.2 Å². The second kappa shape index (κ2) is 29.1. The monoisotopic (exact) mass is 1490 g/mol. The SMILES string of the molecule is C=C(NC(=O)c1csc(-c2nc3c(cc2O)-c2nc(cs2)C(=O)NC(C(C)O)C(=O)N/C(=C(\C)OC)c2nc(cs2)C(=O)NC2c4nc(cs4)C(=O)NC(COC(=O)c4c5c6c(cccc6n4OCC(N)=O)COC(=O)C(OC4CC(C)(O)C(N(C)C)C(C)O4)C2OC5)c2nc-3cs2)n1)C(N)=O. The predicted octanol–water partition coefficient (Wildman–Crippen LogP) is 2.57. The van der Waals surface area contributed by atoms with Crippen LogP contribution in [0.2, 0.25) is 0 Å². The van der Waals surface area contributed by atoms with Crippen LogP contribution in [0.3, 0.4) is 0 Å². The zero-order chi connectivity index (χ0) is 72.9. The number of hydrogen-bond acceptors (Lipinski definition) is 31. The number of rotatable bonds is 12. The molecule has 1 aromatic carbocycles. The molecule has 7 aromatic heterocycles. The van der Waals surface area contributed by atoms with Crippen LogP contribution in [0.4, 0.5) is 0 Å². The third kappa shape index (κ3) is 14.4. The number of methoxy groups -OCH3 is 1. The lowest BCUT2D eigenvalue weighted by Gasteiger charge is -2.48. The van der Waals surface area contributed by atoms with Gasteiger partial charge in [-0.1, -0.05) is 18.7 Å². The summed E-state index contributed by atoms with van der Waals surface area (Å²) < 4.78 is 39.0. The van der Waals surface area contributed by atoms with Crippen LogP contribution in [0.25, 0.3) is 49.3 Å². The highest BCUT2D eigenvalue weighted by molar-refractivity contribution is 7.14. The Morgan fingerprint density at radius 3 is 2.23 bits per heavy atom. The molecule has 12 N–H and O–H groups in total. The van der Waals surface area contributed by atoms with Crippen molar-refractivity contribution in [3.63, 3.8) is 0 Å². The highest BCUT2D eigenvalue weighted by Gasteiger charge is 2.50. The summed E-state index contributed by atoms with van der Waals surface area (Å²) in [5, 5.41) is 55.3. The number of allylic oxidation sites excluding steroid dienone is 1. The average molecular weight is 1490 g/mol. The summed E-state index contributed by atoms with van der Waals surface area (Å²) in [5.74, 6) is -9.36. The number of nitrogens with two attached hydrogens (primary N) is 2. The predicted molar refractivity (Wildman–Crippen MR) is 364 cm³/mol. The number of pyridine rings is 1. The molecule has 10 unspecified atom stereocenters. The standard InChI is InChI=1S/C63H63N15O19S5/c1-23(50(65)82)66-51(83)32-20-101-59(71-32)44-37(80)12-28-43(73-44)31-18-99-57(68-31)30-16-94-61(88)46-29-15-92-47(48(97-39-13-63(5,90)49(77(6)7)26(4)96-39)62(89)93-14-27-10-9-11-36(40(27)29)78(46)95-17-38(64)81)45(60-72-33(21-102-60)52(84)67-30)76-54(86)35-22-100-58(70-35)42(25(3)91-8)75-55(87)41(24(2)79)74-53(85)34-19-98-56(28)69-34/h9-12,18-22,24,26,30,39,41,45,47-49,79-80,90H,1,13-17H2,2-8H3,(H2,64,81)(H2,65,82)(H,66,83)(H,67,84)(H,74,85)(H,75,87)(H,76,86)/b42-25+. The van der Waals surface area contributed by atoms with Crippen molar-refractivity contribution in [2.75, 3.05) is 34.4 Å². The fourth-order valence-electron chi connectivity index (χ4n) is 12.0. The van der Waals surface area contributed by atoms with Gasteiger partial charge in [-0.25, -0.2) is 39.5 Å². The number of aliphatic hydroxyl groups excluding tert-OH is 1. The van der Waals surface area contributed by atoms with Crippen LogP contribution in [-0.2, 0) is 60.8 Å². The number of aromatic nitrogens is 7. The van der Waals surface area contributed by atoms with Gasteiger partial charge in [-0.05, 0) is 59.5 Å². The van der Waals surface area contributed by atoms with E-state index in [9.17, 15) is 39.3 Å². The summed E-state index contributed by atoms with van der Waals surface area (Å²) in [6.07, 6.45) is -7.72. The van der Waals surface area contributed by atoms with Crippen LogP contribution < -0.4 is 42.9 Å². The van der Waals surface area contributed by atoms with Gasteiger partial charge in [-0.2, -0.15) is 4.73 Å². The van der Waals surface area contributed by atoms with Crippen molar-refractivity contribution in [2.24, 2.45) is 11.5 Å². The maximum absolute atomic E-state index is 15.4. The van der Waals surface area contributed by atoms with E-state index in [2.05, 4.69) is 48.1 Å². The molecule has 12 bridgehead atoms. The number of likely N-dealkylation sites (N-methyl/N-ethyl adjacent to an activating group) is 1. The molecule has 102 heavy (non-hydrogen) atoms. The molecule has 0 aliphatic carbocycles. The number of fused-ring (bicyclic) bond motifs is 15. The summed E-state index contributed by atoms with van der Waals surface area (Å²) in [6.45, 7) is 6.76. The lowest BCUT2D eigenvalue weighted by Crippen LogP contribution is -2.62. The molecule has 11 heterocycles. The number of hydrogen-bond donors (Lipinski definition) is 10. The van der Waals surface area contributed by atoms with Crippen LogP contribution >= 0.6 is 56.7 Å². The van der Waals surface area contributed by atoms with Gasteiger partial charge in [0.1, 0.15) is 120 Å². The number of carbonyl (C=O) groups excluding carboxylic acids is 9. The van der Waals surface area contributed by atoms with E-state index < -0.39 is 157 Å². The first-order valence-corrected chi connectivity index (χ1v) is 35.2. The largest absolute Gasteiger partial charge is 0.506 e. The minimum Gasteiger partial charge on any atom is -0.506 e. The van der Waals surface area contributed by atoms with Gasteiger partial charge in [0, 0.05) is 49.8 Å². The molecule has 34 nitrogen and oxygen atoms in total. The van der Waals surface area contributed by atoms with Crippen LogP contribution in [0.5, 0.6) is 5.75 Å². The van der Waals surface area contributed by atoms with Gasteiger partial charge in [0.05, 0.1) is 48.8 Å². The number of aromatic hydroxyl groups is 1. The number of cyclic esters (lactones) is 2. The molecule has 1 fully saturated rings. The molecule has 10 atom stereocenters. The fourth-order valence-corrected chi connectivity index (χ4v) is 16.2. The number of nitrogens with one attached hydrogen (secondary N) is 5. The average Bonchev–Trinajstić information content (AvgIpc) is 1.59. The molecule has 4 aliphatic heterocycles. The zero-order valence-electron chi connectivity index (χ0n) is 54.8. The molecule has 7 amide bonds.